The van der Waals surface area contributed by atoms with Gasteiger partial charge in [0.2, 0.25) is 0 Å². The van der Waals surface area contributed by atoms with Crippen molar-refractivity contribution in [3.63, 3.8) is 0 Å². The van der Waals surface area contributed by atoms with Crippen molar-refractivity contribution in [3.05, 3.63) is 82.6 Å². The summed E-state index contributed by atoms with van der Waals surface area (Å²) in [7, 11) is 1.60. The predicted octanol–water partition coefficient (Wildman–Crippen LogP) is 5.07. The van der Waals surface area contributed by atoms with Crippen molar-refractivity contribution >= 4 is 17.4 Å². The Balaban J connectivity index is 1.68. The predicted molar refractivity (Wildman–Crippen MR) is 105 cm³/mol. The second kappa shape index (κ2) is 8.15. The third kappa shape index (κ3) is 4.50. The minimum Gasteiger partial charge on any atom is -0.497 e. The molecule has 0 amide bonds. The van der Waals surface area contributed by atoms with E-state index in [9.17, 15) is 4.79 Å². The van der Waals surface area contributed by atoms with Crippen LogP contribution in [0.4, 0.5) is 0 Å². The van der Waals surface area contributed by atoms with E-state index in [2.05, 4.69) is 4.98 Å². The first-order chi connectivity index (χ1) is 12.5. The molecule has 0 bridgehead atoms. The van der Waals surface area contributed by atoms with Gasteiger partial charge in [0.1, 0.15) is 11.5 Å². The van der Waals surface area contributed by atoms with E-state index in [-0.39, 0.29) is 5.78 Å². The van der Waals surface area contributed by atoms with Crippen molar-refractivity contribution in [2.24, 2.45) is 0 Å². The van der Waals surface area contributed by atoms with Crippen LogP contribution < -0.4 is 4.74 Å². The van der Waals surface area contributed by atoms with Crippen LogP contribution in [0.1, 0.15) is 16.8 Å². The molecule has 2 aromatic carbocycles. The van der Waals surface area contributed by atoms with Gasteiger partial charge >= 0.3 is 0 Å². The number of aryl methyl sites for hydroxylation is 1. The first-order valence-corrected chi connectivity index (χ1v) is 8.79. The number of hydrogen-bond acceptors (Lipinski definition) is 3. The van der Waals surface area contributed by atoms with Crippen molar-refractivity contribution in [2.45, 2.75) is 19.8 Å². The summed E-state index contributed by atoms with van der Waals surface area (Å²) >= 11 is 6.19. The molecule has 0 unspecified atom stereocenters. The molecular weight excluding hydrogens is 346 g/mol. The highest BCUT2D eigenvalue weighted by Gasteiger charge is 2.10. The number of Topliss-reactive ketones (excluding diaryl/α,β-unsaturated/α-hetero) is 1. The number of nitrogens with zero attached hydrogens (tertiary/aromatic N) is 1. The maximum atomic E-state index is 12.4. The molecule has 0 aliphatic rings. The molecule has 0 fully saturated rings. The Morgan fingerprint density at radius 1 is 1.00 bits per heavy atom. The van der Waals surface area contributed by atoms with Gasteiger partial charge in [-0.05, 0) is 59.5 Å². The average molecular weight is 366 g/mol. The molecule has 3 nitrogen and oxygen atoms in total. The van der Waals surface area contributed by atoms with Crippen molar-refractivity contribution in [2.75, 3.05) is 7.11 Å². The van der Waals surface area contributed by atoms with Gasteiger partial charge in [0.15, 0.2) is 0 Å². The lowest BCUT2D eigenvalue weighted by Gasteiger charge is -2.08. The number of ketones is 1. The lowest BCUT2D eigenvalue weighted by molar-refractivity contribution is -0.117. The van der Waals surface area contributed by atoms with Crippen molar-refractivity contribution < 1.29 is 9.53 Å². The number of methoxy groups -OCH3 is 1. The van der Waals surface area contributed by atoms with Crippen LogP contribution in [0, 0.1) is 6.92 Å². The zero-order valence-electron chi connectivity index (χ0n) is 14.8. The van der Waals surface area contributed by atoms with Gasteiger partial charge in [-0.2, -0.15) is 0 Å². The summed E-state index contributed by atoms with van der Waals surface area (Å²) in [6, 6.07) is 17.5. The van der Waals surface area contributed by atoms with Crippen LogP contribution in [0.15, 0.2) is 60.8 Å². The lowest BCUT2D eigenvalue weighted by atomic mass is 9.99. The van der Waals surface area contributed by atoms with E-state index in [4.69, 9.17) is 16.3 Å². The third-order valence-electron chi connectivity index (χ3n) is 4.23. The van der Waals surface area contributed by atoms with Crippen molar-refractivity contribution in [1.82, 2.24) is 4.98 Å². The Hall–Kier alpha value is -2.65. The maximum absolute atomic E-state index is 12.4. The van der Waals surface area contributed by atoms with Gasteiger partial charge in [-0.1, -0.05) is 35.9 Å². The third-order valence-corrected chi connectivity index (χ3v) is 4.59. The fourth-order valence-corrected chi connectivity index (χ4v) is 3.04. The van der Waals surface area contributed by atoms with Gasteiger partial charge in [0.25, 0.3) is 0 Å². The zero-order chi connectivity index (χ0) is 18.5. The van der Waals surface area contributed by atoms with Crippen LogP contribution in [-0.2, 0) is 17.6 Å². The molecule has 0 atom stereocenters. The number of carbonyl (C=O) groups excluding carboxylic acids is 1. The second-order valence-corrected chi connectivity index (χ2v) is 6.64. The zero-order valence-corrected chi connectivity index (χ0v) is 15.6. The highest BCUT2D eigenvalue weighted by Crippen LogP contribution is 2.24. The fourth-order valence-electron chi connectivity index (χ4n) is 2.86. The highest BCUT2D eigenvalue weighted by molar-refractivity contribution is 6.31. The molecule has 3 aromatic rings. The molecule has 4 heteroatoms. The van der Waals surface area contributed by atoms with E-state index >= 15 is 0 Å². The largest absolute Gasteiger partial charge is 0.497 e. The Bertz CT molecular complexity index is 920. The smallest absolute Gasteiger partial charge is 0.141 e. The van der Waals surface area contributed by atoms with Crippen LogP contribution >= 0.6 is 11.6 Å². The normalized spacial score (nSPS) is 10.6. The Morgan fingerprint density at radius 3 is 2.46 bits per heavy atom. The number of ether oxygens (including phenoxy) is 1. The first-order valence-electron chi connectivity index (χ1n) is 8.41. The van der Waals surface area contributed by atoms with E-state index < -0.39 is 0 Å². The summed E-state index contributed by atoms with van der Waals surface area (Å²) in [4.78, 5) is 16.6. The molecule has 3 rings (SSSR count). The van der Waals surface area contributed by atoms with Gasteiger partial charge in [0.05, 0.1) is 7.11 Å². The molecule has 26 heavy (non-hydrogen) atoms. The molecule has 0 aliphatic heterocycles. The van der Waals surface area contributed by atoms with Gasteiger partial charge < -0.3 is 4.74 Å². The standard InChI is InChI=1S/C22H20ClNO2/c1-15-11-18(9-10-24-15)17-5-3-16(4-6-17)12-20(25)13-19-14-21(26-2)7-8-22(19)23/h3-11,14H,12-13H2,1-2H3. The summed E-state index contributed by atoms with van der Waals surface area (Å²) in [6.45, 7) is 1.97. The lowest BCUT2D eigenvalue weighted by Crippen LogP contribution is -2.07. The quantitative estimate of drug-likeness (QED) is 0.612. The summed E-state index contributed by atoms with van der Waals surface area (Å²) in [5.41, 5.74) is 5.00. The van der Waals surface area contributed by atoms with Crippen LogP contribution in [0.5, 0.6) is 5.75 Å². The number of halogens is 1. The van der Waals surface area contributed by atoms with E-state index in [1.165, 1.54) is 0 Å². The van der Waals surface area contributed by atoms with Crippen molar-refractivity contribution in [1.29, 1.82) is 0 Å². The molecule has 0 spiro atoms. The van der Waals surface area contributed by atoms with Gasteiger partial charge in [-0.15, -0.1) is 0 Å². The number of rotatable bonds is 6. The molecule has 1 aromatic heterocycles. The molecule has 0 radical (unpaired) electrons. The van der Waals surface area contributed by atoms with Crippen molar-refractivity contribution in [3.8, 4) is 16.9 Å². The number of hydrogen-bond donors (Lipinski definition) is 0. The molecular formula is C22H20ClNO2. The minimum absolute atomic E-state index is 0.118. The number of pyridine rings is 1. The van der Waals surface area contributed by atoms with E-state index in [0.717, 1.165) is 27.9 Å². The summed E-state index contributed by atoms with van der Waals surface area (Å²) in [5, 5.41) is 0.586. The van der Waals surface area contributed by atoms with Crippen LogP contribution in [-0.4, -0.2) is 17.9 Å². The first kappa shape index (κ1) is 18.2. The van der Waals surface area contributed by atoms with E-state index in [0.29, 0.717) is 23.6 Å². The molecule has 0 N–H and O–H groups in total. The summed E-state index contributed by atoms with van der Waals surface area (Å²) in [6.07, 6.45) is 2.48. The molecule has 1 heterocycles. The van der Waals surface area contributed by atoms with E-state index in [1.54, 1.807) is 25.4 Å². The molecule has 0 saturated carbocycles. The Morgan fingerprint density at radius 2 is 1.77 bits per heavy atom. The second-order valence-electron chi connectivity index (χ2n) is 6.23. The average Bonchev–Trinajstić information content (AvgIpc) is 2.64. The molecule has 0 aliphatic carbocycles. The number of carbonyl (C=O) groups is 1. The topological polar surface area (TPSA) is 39.2 Å². The molecule has 132 valence electrons. The summed E-state index contributed by atoms with van der Waals surface area (Å²) in [5.74, 6) is 0.821. The van der Waals surface area contributed by atoms with Gasteiger partial charge in [-0.3, -0.25) is 9.78 Å². The molecule has 0 saturated heterocycles. The monoisotopic (exact) mass is 365 g/mol. The minimum atomic E-state index is 0.118. The Labute approximate surface area is 158 Å². The van der Waals surface area contributed by atoms with Crippen LogP contribution in [0.2, 0.25) is 5.02 Å². The fraction of sp³-hybridized carbons (Fsp3) is 0.182. The maximum Gasteiger partial charge on any atom is 0.141 e. The highest BCUT2D eigenvalue weighted by atomic mass is 35.5. The summed E-state index contributed by atoms with van der Waals surface area (Å²) < 4.78 is 5.20. The van der Waals surface area contributed by atoms with Gasteiger partial charge in [0, 0.05) is 29.8 Å². The Kier molecular flexibility index (Phi) is 5.69. The number of benzene rings is 2. The van der Waals surface area contributed by atoms with Gasteiger partial charge in [-0.25, -0.2) is 0 Å². The SMILES string of the molecule is COc1ccc(Cl)c(CC(=O)Cc2ccc(-c3ccnc(C)c3)cc2)c1. The van der Waals surface area contributed by atoms with Crippen LogP contribution in [0.25, 0.3) is 11.1 Å². The van der Waals surface area contributed by atoms with E-state index in [1.807, 2.05) is 49.4 Å². The van der Waals surface area contributed by atoms with Crippen LogP contribution in [0.3, 0.4) is 0 Å². The number of aromatic nitrogens is 1.